The Labute approximate surface area is 93.7 Å². The maximum Gasteiger partial charge on any atom is 0.0770 e. The van der Waals surface area contributed by atoms with Crippen molar-refractivity contribution in [3.63, 3.8) is 0 Å². The van der Waals surface area contributed by atoms with Gasteiger partial charge in [0.15, 0.2) is 0 Å². The SMILES string of the molecule is CC#CC(C)(C)N(CCOC)CCOC. The Kier molecular flexibility index (Phi) is 7.41. The molecule has 0 fully saturated rings. The van der Waals surface area contributed by atoms with Crippen LogP contribution in [0.1, 0.15) is 20.8 Å². The first-order valence-electron chi connectivity index (χ1n) is 5.25. The first-order chi connectivity index (χ1) is 7.08. The second kappa shape index (κ2) is 7.70. The van der Waals surface area contributed by atoms with Crippen LogP contribution in [0.5, 0.6) is 0 Å². The van der Waals surface area contributed by atoms with Crippen LogP contribution in [0.2, 0.25) is 0 Å². The minimum Gasteiger partial charge on any atom is -0.383 e. The molecule has 0 heterocycles. The normalized spacial score (nSPS) is 11.3. The zero-order chi connectivity index (χ0) is 11.7. The average molecular weight is 213 g/mol. The van der Waals surface area contributed by atoms with Crippen molar-refractivity contribution < 1.29 is 9.47 Å². The third-order valence-electron chi connectivity index (χ3n) is 2.35. The van der Waals surface area contributed by atoms with E-state index >= 15 is 0 Å². The van der Waals surface area contributed by atoms with Gasteiger partial charge in [0.1, 0.15) is 0 Å². The van der Waals surface area contributed by atoms with E-state index in [1.165, 1.54) is 0 Å². The minimum absolute atomic E-state index is 0.119. The summed E-state index contributed by atoms with van der Waals surface area (Å²) in [6.45, 7) is 9.30. The lowest BCUT2D eigenvalue weighted by atomic mass is 10.0. The van der Waals surface area contributed by atoms with Crippen molar-refractivity contribution in [1.82, 2.24) is 4.90 Å². The van der Waals surface area contributed by atoms with Gasteiger partial charge in [0.05, 0.1) is 18.8 Å². The highest BCUT2D eigenvalue weighted by Gasteiger charge is 2.23. The average Bonchev–Trinajstić information content (AvgIpc) is 2.17. The lowest BCUT2D eigenvalue weighted by Gasteiger charge is -2.34. The van der Waals surface area contributed by atoms with Crippen molar-refractivity contribution in [1.29, 1.82) is 0 Å². The first kappa shape index (κ1) is 14.4. The molecule has 0 aliphatic rings. The maximum absolute atomic E-state index is 5.09. The number of ether oxygens (including phenoxy) is 2. The lowest BCUT2D eigenvalue weighted by Crippen LogP contribution is -2.46. The highest BCUT2D eigenvalue weighted by Crippen LogP contribution is 2.12. The van der Waals surface area contributed by atoms with Crippen LogP contribution in [-0.4, -0.2) is 51.0 Å². The Bertz CT molecular complexity index is 207. The molecule has 0 amide bonds. The summed E-state index contributed by atoms with van der Waals surface area (Å²) >= 11 is 0. The van der Waals surface area contributed by atoms with Crippen molar-refractivity contribution in [2.75, 3.05) is 40.5 Å². The van der Waals surface area contributed by atoms with E-state index in [-0.39, 0.29) is 5.54 Å². The van der Waals surface area contributed by atoms with E-state index in [0.717, 1.165) is 26.3 Å². The van der Waals surface area contributed by atoms with Gasteiger partial charge in [0.25, 0.3) is 0 Å². The third kappa shape index (κ3) is 5.78. The molecule has 0 unspecified atom stereocenters. The van der Waals surface area contributed by atoms with Gasteiger partial charge in [0.2, 0.25) is 0 Å². The molecule has 0 aromatic rings. The molecular formula is C12H23NO2. The van der Waals surface area contributed by atoms with Crippen LogP contribution in [-0.2, 0) is 9.47 Å². The molecule has 0 aliphatic heterocycles. The predicted octanol–water partition coefficient (Wildman–Crippen LogP) is 1.38. The second-order valence-corrected chi connectivity index (χ2v) is 3.91. The van der Waals surface area contributed by atoms with E-state index in [4.69, 9.17) is 9.47 Å². The fourth-order valence-corrected chi connectivity index (χ4v) is 1.46. The van der Waals surface area contributed by atoms with Gasteiger partial charge < -0.3 is 9.47 Å². The van der Waals surface area contributed by atoms with Crippen LogP contribution in [0.3, 0.4) is 0 Å². The van der Waals surface area contributed by atoms with Crippen LogP contribution in [0.4, 0.5) is 0 Å². The smallest absolute Gasteiger partial charge is 0.0770 e. The summed E-state index contributed by atoms with van der Waals surface area (Å²) in [5.41, 5.74) is -0.119. The van der Waals surface area contributed by atoms with E-state index in [0.29, 0.717) is 0 Å². The van der Waals surface area contributed by atoms with E-state index < -0.39 is 0 Å². The molecule has 88 valence electrons. The monoisotopic (exact) mass is 213 g/mol. The lowest BCUT2D eigenvalue weighted by molar-refractivity contribution is 0.0753. The largest absolute Gasteiger partial charge is 0.383 e. The first-order valence-corrected chi connectivity index (χ1v) is 5.25. The molecule has 15 heavy (non-hydrogen) atoms. The van der Waals surface area contributed by atoms with Crippen molar-refractivity contribution in [3.8, 4) is 11.8 Å². The molecule has 0 aromatic heterocycles. The topological polar surface area (TPSA) is 21.7 Å². The van der Waals surface area contributed by atoms with Crippen LogP contribution in [0.15, 0.2) is 0 Å². The van der Waals surface area contributed by atoms with Gasteiger partial charge in [-0.15, -0.1) is 5.92 Å². The number of rotatable bonds is 7. The van der Waals surface area contributed by atoms with Crippen molar-refractivity contribution in [3.05, 3.63) is 0 Å². The predicted molar refractivity (Wildman–Crippen MR) is 62.9 cm³/mol. The standard InChI is InChI=1S/C12H23NO2/c1-6-7-12(2,3)13(8-10-14-4)9-11-15-5/h8-11H2,1-5H3. The highest BCUT2D eigenvalue weighted by atomic mass is 16.5. The Morgan fingerprint density at radius 2 is 1.53 bits per heavy atom. The summed E-state index contributed by atoms with van der Waals surface area (Å²) in [7, 11) is 3.43. The van der Waals surface area contributed by atoms with E-state index in [9.17, 15) is 0 Å². The summed E-state index contributed by atoms with van der Waals surface area (Å²) in [6, 6.07) is 0. The number of methoxy groups -OCH3 is 2. The molecule has 0 rings (SSSR count). The van der Waals surface area contributed by atoms with Crippen LogP contribution in [0.25, 0.3) is 0 Å². The minimum atomic E-state index is -0.119. The molecule has 0 radical (unpaired) electrons. The van der Waals surface area contributed by atoms with Crippen molar-refractivity contribution >= 4 is 0 Å². The summed E-state index contributed by atoms with van der Waals surface area (Å²) in [5, 5.41) is 0. The fraction of sp³-hybridized carbons (Fsp3) is 0.833. The molecule has 3 heteroatoms. The number of nitrogens with zero attached hydrogens (tertiary/aromatic N) is 1. The molecule has 0 saturated heterocycles. The van der Waals surface area contributed by atoms with Gasteiger partial charge in [-0.25, -0.2) is 0 Å². The zero-order valence-electron chi connectivity index (χ0n) is 10.6. The summed E-state index contributed by atoms with van der Waals surface area (Å²) in [5.74, 6) is 6.17. The van der Waals surface area contributed by atoms with E-state index in [1.807, 2.05) is 6.92 Å². The van der Waals surface area contributed by atoms with Gasteiger partial charge in [-0.1, -0.05) is 5.92 Å². The van der Waals surface area contributed by atoms with E-state index in [2.05, 4.69) is 30.6 Å². The van der Waals surface area contributed by atoms with Gasteiger partial charge in [-0.3, -0.25) is 4.90 Å². The molecule has 0 atom stereocenters. The molecule has 0 aromatic carbocycles. The van der Waals surface area contributed by atoms with Gasteiger partial charge in [-0.05, 0) is 20.8 Å². The molecular weight excluding hydrogens is 190 g/mol. The summed E-state index contributed by atoms with van der Waals surface area (Å²) in [4.78, 5) is 2.27. The quantitative estimate of drug-likeness (QED) is 0.596. The number of hydrogen-bond acceptors (Lipinski definition) is 3. The molecule has 0 bridgehead atoms. The van der Waals surface area contributed by atoms with Gasteiger partial charge >= 0.3 is 0 Å². The Morgan fingerprint density at radius 3 is 1.87 bits per heavy atom. The molecule has 0 aliphatic carbocycles. The van der Waals surface area contributed by atoms with Crippen LogP contribution < -0.4 is 0 Å². The Hall–Kier alpha value is -0.560. The summed E-state index contributed by atoms with van der Waals surface area (Å²) in [6.07, 6.45) is 0. The van der Waals surface area contributed by atoms with E-state index in [1.54, 1.807) is 14.2 Å². The second-order valence-electron chi connectivity index (χ2n) is 3.91. The summed E-state index contributed by atoms with van der Waals surface area (Å²) < 4.78 is 10.2. The Morgan fingerprint density at radius 1 is 1.07 bits per heavy atom. The van der Waals surface area contributed by atoms with Crippen LogP contribution in [0, 0.1) is 11.8 Å². The van der Waals surface area contributed by atoms with Gasteiger partial charge in [-0.2, -0.15) is 0 Å². The molecule has 3 nitrogen and oxygen atoms in total. The fourth-order valence-electron chi connectivity index (χ4n) is 1.46. The van der Waals surface area contributed by atoms with Crippen molar-refractivity contribution in [2.45, 2.75) is 26.3 Å². The zero-order valence-corrected chi connectivity index (χ0v) is 10.6. The molecule has 0 spiro atoms. The molecule has 0 N–H and O–H groups in total. The van der Waals surface area contributed by atoms with Crippen LogP contribution >= 0.6 is 0 Å². The highest BCUT2D eigenvalue weighted by molar-refractivity contribution is 5.13. The number of hydrogen-bond donors (Lipinski definition) is 0. The third-order valence-corrected chi connectivity index (χ3v) is 2.35. The van der Waals surface area contributed by atoms with Crippen molar-refractivity contribution in [2.24, 2.45) is 0 Å². The molecule has 0 saturated carbocycles. The maximum atomic E-state index is 5.09. The Balaban J connectivity index is 4.35. The van der Waals surface area contributed by atoms with Gasteiger partial charge in [0, 0.05) is 27.3 Å².